The summed E-state index contributed by atoms with van der Waals surface area (Å²) in [5.41, 5.74) is 0.159. The zero-order chi connectivity index (χ0) is 8.48. The van der Waals surface area contributed by atoms with Gasteiger partial charge in [0.15, 0.2) is 4.51 Å². The van der Waals surface area contributed by atoms with E-state index in [1.54, 1.807) is 0 Å². The Hall–Kier alpha value is -0.450. The summed E-state index contributed by atoms with van der Waals surface area (Å²) in [7, 11) is 0. The predicted molar refractivity (Wildman–Crippen MR) is 43.2 cm³/mol. The number of aldehydes is 1. The van der Waals surface area contributed by atoms with E-state index in [0.717, 1.165) is 0 Å². The topological polar surface area (TPSA) is 57.5 Å². The lowest BCUT2D eigenvalue weighted by Crippen LogP contribution is -2.37. The van der Waals surface area contributed by atoms with Gasteiger partial charge in [0.25, 0.3) is 0 Å². The Labute approximate surface area is 72.2 Å². The standard InChI is InChI=1S/C7H7BrO3/c8-7(11)3-1-2-5(4-9)6(7)10/h1-4,6,10-11H. The molecule has 11 heavy (non-hydrogen) atoms. The molecule has 0 amide bonds. The lowest BCUT2D eigenvalue weighted by molar-refractivity contribution is -0.106. The van der Waals surface area contributed by atoms with Crippen LogP contribution >= 0.6 is 15.9 Å². The Bertz CT molecular complexity index is 230. The molecule has 0 saturated heterocycles. The second-order valence-corrected chi connectivity index (χ2v) is 3.54. The van der Waals surface area contributed by atoms with Crippen LogP contribution in [0.25, 0.3) is 0 Å². The van der Waals surface area contributed by atoms with Crippen molar-refractivity contribution in [2.75, 3.05) is 0 Å². The zero-order valence-electron chi connectivity index (χ0n) is 5.57. The van der Waals surface area contributed by atoms with Crippen LogP contribution in [0.15, 0.2) is 23.8 Å². The minimum absolute atomic E-state index is 0.159. The molecule has 1 aliphatic carbocycles. The minimum Gasteiger partial charge on any atom is -0.384 e. The number of allylic oxidation sites excluding steroid dienone is 2. The van der Waals surface area contributed by atoms with E-state index >= 15 is 0 Å². The van der Waals surface area contributed by atoms with Crippen molar-refractivity contribution in [2.45, 2.75) is 10.6 Å². The van der Waals surface area contributed by atoms with E-state index in [-0.39, 0.29) is 5.57 Å². The number of hydrogen-bond donors (Lipinski definition) is 2. The number of rotatable bonds is 1. The largest absolute Gasteiger partial charge is 0.384 e. The third kappa shape index (κ3) is 1.58. The van der Waals surface area contributed by atoms with E-state index in [4.69, 9.17) is 0 Å². The summed E-state index contributed by atoms with van der Waals surface area (Å²) in [6, 6.07) is 0. The van der Waals surface area contributed by atoms with Crippen molar-refractivity contribution in [3.8, 4) is 0 Å². The van der Waals surface area contributed by atoms with E-state index in [0.29, 0.717) is 6.29 Å². The highest BCUT2D eigenvalue weighted by molar-refractivity contribution is 9.10. The van der Waals surface area contributed by atoms with Crippen LogP contribution in [0.2, 0.25) is 0 Å². The first kappa shape index (κ1) is 8.64. The van der Waals surface area contributed by atoms with Crippen LogP contribution in [-0.2, 0) is 4.79 Å². The molecule has 2 unspecified atom stereocenters. The molecule has 60 valence electrons. The van der Waals surface area contributed by atoms with Crippen molar-refractivity contribution in [3.63, 3.8) is 0 Å². The van der Waals surface area contributed by atoms with Crippen LogP contribution < -0.4 is 0 Å². The van der Waals surface area contributed by atoms with E-state index in [2.05, 4.69) is 15.9 Å². The second kappa shape index (κ2) is 2.89. The first-order valence-corrected chi connectivity index (χ1v) is 3.81. The molecular formula is C7H7BrO3. The summed E-state index contributed by atoms with van der Waals surface area (Å²) in [6.07, 6.45) is 3.65. The second-order valence-electron chi connectivity index (χ2n) is 2.27. The van der Waals surface area contributed by atoms with E-state index in [9.17, 15) is 15.0 Å². The molecule has 1 aliphatic rings. The van der Waals surface area contributed by atoms with Gasteiger partial charge >= 0.3 is 0 Å². The van der Waals surface area contributed by atoms with E-state index in [1.807, 2.05) is 0 Å². The highest BCUT2D eigenvalue weighted by Crippen LogP contribution is 2.28. The molecule has 0 saturated carbocycles. The molecule has 0 radical (unpaired) electrons. The molecule has 4 heteroatoms. The molecule has 2 N–H and O–H groups in total. The van der Waals surface area contributed by atoms with Crippen molar-refractivity contribution < 1.29 is 15.0 Å². The fourth-order valence-corrected chi connectivity index (χ4v) is 1.23. The fourth-order valence-electron chi connectivity index (χ4n) is 0.814. The molecule has 0 aromatic rings. The number of carbonyl (C=O) groups excluding carboxylic acids is 1. The van der Waals surface area contributed by atoms with Crippen LogP contribution in [0.1, 0.15) is 0 Å². The van der Waals surface area contributed by atoms with Gasteiger partial charge in [-0.05, 0) is 22.0 Å². The van der Waals surface area contributed by atoms with Gasteiger partial charge in [-0.1, -0.05) is 12.2 Å². The fraction of sp³-hybridized carbons (Fsp3) is 0.286. The van der Waals surface area contributed by atoms with Gasteiger partial charge in [0.2, 0.25) is 0 Å². The number of carbonyl (C=O) groups is 1. The molecule has 3 nitrogen and oxygen atoms in total. The number of aliphatic hydroxyl groups excluding tert-OH is 1. The number of halogens is 1. The Morgan fingerprint density at radius 2 is 2.36 bits per heavy atom. The maximum Gasteiger partial charge on any atom is 0.168 e. The van der Waals surface area contributed by atoms with Gasteiger partial charge in [0.1, 0.15) is 12.4 Å². The van der Waals surface area contributed by atoms with Crippen LogP contribution in [0.4, 0.5) is 0 Å². The average Bonchev–Trinajstić information content (AvgIpc) is 1.95. The number of hydrogen-bond acceptors (Lipinski definition) is 3. The van der Waals surface area contributed by atoms with Gasteiger partial charge in [-0.3, -0.25) is 4.79 Å². The van der Waals surface area contributed by atoms with Crippen LogP contribution in [0.5, 0.6) is 0 Å². The van der Waals surface area contributed by atoms with Gasteiger partial charge in [-0.15, -0.1) is 0 Å². The Balaban J connectivity index is 2.94. The summed E-state index contributed by atoms with van der Waals surface area (Å²) < 4.78 is -1.50. The normalized spacial score (nSPS) is 36.6. The lowest BCUT2D eigenvalue weighted by Gasteiger charge is -2.25. The Kier molecular flexibility index (Phi) is 2.27. The summed E-state index contributed by atoms with van der Waals surface area (Å²) >= 11 is 2.86. The monoisotopic (exact) mass is 218 g/mol. The molecule has 1 rings (SSSR count). The number of aliphatic hydroxyl groups is 2. The Morgan fingerprint density at radius 3 is 2.82 bits per heavy atom. The van der Waals surface area contributed by atoms with Crippen molar-refractivity contribution in [1.29, 1.82) is 0 Å². The summed E-state index contributed by atoms with van der Waals surface area (Å²) in [6.45, 7) is 0. The van der Waals surface area contributed by atoms with E-state index < -0.39 is 10.6 Å². The van der Waals surface area contributed by atoms with Crippen LogP contribution in [0, 0.1) is 0 Å². The quantitative estimate of drug-likeness (QED) is 0.486. The smallest absolute Gasteiger partial charge is 0.168 e. The predicted octanol–water partition coefficient (Wildman–Crippen LogP) is 0.126. The van der Waals surface area contributed by atoms with Gasteiger partial charge in [-0.25, -0.2) is 0 Å². The summed E-state index contributed by atoms with van der Waals surface area (Å²) in [5.74, 6) is 0. The molecule has 2 atom stereocenters. The number of alkyl halides is 1. The van der Waals surface area contributed by atoms with Gasteiger partial charge in [0, 0.05) is 5.57 Å². The van der Waals surface area contributed by atoms with Crippen molar-refractivity contribution in [1.82, 2.24) is 0 Å². The molecule has 0 aromatic carbocycles. The molecular weight excluding hydrogens is 212 g/mol. The highest BCUT2D eigenvalue weighted by Gasteiger charge is 2.33. The SMILES string of the molecule is O=CC1=CC=CC(O)(Br)C1O. The first-order valence-electron chi connectivity index (χ1n) is 3.02. The van der Waals surface area contributed by atoms with Crippen molar-refractivity contribution in [3.05, 3.63) is 23.8 Å². The van der Waals surface area contributed by atoms with Gasteiger partial charge in [0.05, 0.1) is 0 Å². The van der Waals surface area contributed by atoms with Gasteiger partial charge in [-0.2, -0.15) is 0 Å². The molecule has 0 aliphatic heterocycles. The third-order valence-electron chi connectivity index (χ3n) is 1.45. The third-order valence-corrected chi connectivity index (χ3v) is 2.15. The maximum absolute atomic E-state index is 10.3. The molecule has 0 fully saturated rings. The maximum atomic E-state index is 10.3. The Morgan fingerprint density at radius 1 is 1.73 bits per heavy atom. The zero-order valence-corrected chi connectivity index (χ0v) is 7.15. The van der Waals surface area contributed by atoms with Crippen molar-refractivity contribution in [2.24, 2.45) is 0 Å². The molecule has 0 heterocycles. The molecule has 0 spiro atoms. The van der Waals surface area contributed by atoms with Crippen LogP contribution in [-0.4, -0.2) is 27.1 Å². The molecule has 0 bridgehead atoms. The van der Waals surface area contributed by atoms with Gasteiger partial charge < -0.3 is 10.2 Å². The highest BCUT2D eigenvalue weighted by atomic mass is 79.9. The average molecular weight is 219 g/mol. The molecule has 0 aromatic heterocycles. The lowest BCUT2D eigenvalue weighted by atomic mass is 10.0. The van der Waals surface area contributed by atoms with Crippen molar-refractivity contribution >= 4 is 22.2 Å². The summed E-state index contributed by atoms with van der Waals surface area (Å²) in [5, 5.41) is 18.6. The van der Waals surface area contributed by atoms with E-state index in [1.165, 1.54) is 18.2 Å². The van der Waals surface area contributed by atoms with Crippen LogP contribution in [0.3, 0.4) is 0 Å². The first-order chi connectivity index (χ1) is 5.08. The summed E-state index contributed by atoms with van der Waals surface area (Å²) in [4.78, 5) is 10.3. The minimum atomic E-state index is -1.50.